The number of halogens is 1. The SMILES string of the molecule is O=C(c1ccccc1)N(Cc1cn(C(c2ccccc2)(c2ccccc2)c2ccccc2)cn1)c1nc2ccc(F)cc2s1. The maximum absolute atomic E-state index is 14.0. The van der Waals surface area contributed by atoms with Gasteiger partial charge < -0.3 is 4.57 Å². The number of thiazole rings is 1. The summed E-state index contributed by atoms with van der Waals surface area (Å²) < 4.78 is 16.8. The molecule has 1 amide bonds. The smallest absolute Gasteiger partial charge is 0.260 e. The van der Waals surface area contributed by atoms with Gasteiger partial charge in [-0.25, -0.2) is 14.4 Å². The number of benzene rings is 5. The summed E-state index contributed by atoms with van der Waals surface area (Å²) in [6.07, 6.45) is 3.84. The van der Waals surface area contributed by atoms with E-state index in [9.17, 15) is 9.18 Å². The average Bonchev–Trinajstić information content (AvgIpc) is 3.73. The van der Waals surface area contributed by atoms with Crippen molar-refractivity contribution in [1.82, 2.24) is 14.5 Å². The van der Waals surface area contributed by atoms with Crippen molar-refractivity contribution >= 4 is 32.6 Å². The Bertz CT molecular complexity index is 1930. The molecule has 0 radical (unpaired) electrons. The van der Waals surface area contributed by atoms with Crippen LogP contribution in [-0.2, 0) is 12.1 Å². The molecule has 7 aromatic rings. The molecule has 0 aliphatic carbocycles. The second-order valence-corrected chi connectivity index (χ2v) is 11.5. The minimum atomic E-state index is -0.726. The number of hydrogen-bond donors (Lipinski definition) is 0. The number of nitrogens with zero attached hydrogens (tertiary/aromatic N) is 4. The first-order valence-electron chi connectivity index (χ1n) is 14.3. The van der Waals surface area contributed by atoms with Crippen LogP contribution in [0.15, 0.2) is 152 Å². The van der Waals surface area contributed by atoms with E-state index in [1.165, 1.54) is 23.5 Å². The summed E-state index contributed by atoms with van der Waals surface area (Å²) >= 11 is 1.28. The zero-order valence-electron chi connectivity index (χ0n) is 23.6. The molecule has 0 aliphatic heterocycles. The van der Waals surface area contributed by atoms with E-state index in [1.54, 1.807) is 23.1 Å². The third kappa shape index (κ3) is 4.97. The molecular weight excluding hydrogens is 567 g/mol. The molecular formula is C37H27FN4OS. The van der Waals surface area contributed by atoms with Crippen LogP contribution in [0.4, 0.5) is 9.52 Å². The normalized spacial score (nSPS) is 11.5. The van der Waals surface area contributed by atoms with Gasteiger partial charge >= 0.3 is 0 Å². The zero-order chi connectivity index (χ0) is 29.9. The second kappa shape index (κ2) is 11.7. The molecule has 2 heterocycles. The van der Waals surface area contributed by atoms with Crippen LogP contribution in [0.25, 0.3) is 10.2 Å². The average molecular weight is 595 g/mol. The number of fused-ring (bicyclic) bond motifs is 1. The number of hydrogen-bond acceptors (Lipinski definition) is 4. The van der Waals surface area contributed by atoms with Crippen molar-refractivity contribution in [1.29, 1.82) is 0 Å². The minimum absolute atomic E-state index is 0.178. The van der Waals surface area contributed by atoms with Crippen molar-refractivity contribution in [3.63, 3.8) is 0 Å². The van der Waals surface area contributed by atoms with E-state index in [0.717, 1.165) is 16.7 Å². The molecule has 0 N–H and O–H groups in total. The monoisotopic (exact) mass is 594 g/mol. The summed E-state index contributed by atoms with van der Waals surface area (Å²) in [5.41, 5.74) is 4.36. The van der Waals surface area contributed by atoms with E-state index >= 15 is 0 Å². The molecule has 0 saturated heterocycles. The first-order chi connectivity index (χ1) is 21.6. The second-order valence-electron chi connectivity index (χ2n) is 10.4. The lowest BCUT2D eigenvalue weighted by Gasteiger charge is -2.37. The molecule has 0 fully saturated rings. The fraction of sp³-hybridized carbons (Fsp3) is 0.0541. The van der Waals surface area contributed by atoms with Gasteiger partial charge in [-0.2, -0.15) is 0 Å². The van der Waals surface area contributed by atoms with Gasteiger partial charge in [0.25, 0.3) is 5.91 Å². The summed E-state index contributed by atoms with van der Waals surface area (Å²) in [5.74, 6) is -0.549. The number of carbonyl (C=O) groups excluding carboxylic acids is 1. The molecule has 0 bridgehead atoms. The molecule has 5 aromatic carbocycles. The van der Waals surface area contributed by atoms with Crippen LogP contribution in [0, 0.1) is 5.82 Å². The molecule has 214 valence electrons. The van der Waals surface area contributed by atoms with E-state index in [2.05, 4.69) is 41.0 Å². The lowest BCUT2D eigenvalue weighted by molar-refractivity contribution is 0.0985. The van der Waals surface area contributed by atoms with Gasteiger partial charge in [0.05, 0.1) is 28.8 Å². The third-order valence-corrected chi connectivity index (χ3v) is 8.80. The molecule has 7 rings (SSSR count). The lowest BCUT2D eigenvalue weighted by Crippen LogP contribution is -2.37. The Hall–Kier alpha value is -5.40. The number of anilines is 1. The van der Waals surface area contributed by atoms with Gasteiger partial charge in [-0.3, -0.25) is 9.69 Å². The van der Waals surface area contributed by atoms with Crippen molar-refractivity contribution < 1.29 is 9.18 Å². The van der Waals surface area contributed by atoms with E-state index < -0.39 is 5.54 Å². The van der Waals surface area contributed by atoms with Gasteiger partial charge in [-0.15, -0.1) is 0 Å². The van der Waals surface area contributed by atoms with Crippen molar-refractivity contribution in [3.05, 3.63) is 186 Å². The molecule has 0 spiro atoms. The number of imidazole rings is 1. The highest BCUT2D eigenvalue weighted by molar-refractivity contribution is 7.22. The summed E-state index contributed by atoms with van der Waals surface area (Å²) in [6.45, 7) is 0.178. The Labute approximate surface area is 258 Å². The van der Waals surface area contributed by atoms with Crippen LogP contribution in [0.1, 0.15) is 32.7 Å². The van der Waals surface area contributed by atoms with Crippen LogP contribution in [0.5, 0.6) is 0 Å². The Morgan fingerprint density at radius 2 is 1.30 bits per heavy atom. The number of amides is 1. The van der Waals surface area contributed by atoms with Crippen LogP contribution in [0.2, 0.25) is 0 Å². The summed E-state index contributed by atoms with van der Waals surface area (Å²) in [5, 5.41) is 0.481. The van der Waals surface area contributed by atoms with Crippen LogP contribution in [-0.4, -0.2) is 20.4 Å². The summed E-state index contributed by atoms with van der Waals surface area (Å²) in [4.78, 5) is 25.1. The highest BCUT2D eigenvalue weighted by atomic mass is 32.1. The molecule has 44 heavy (non-hydrogen) atoms. The Balaban J connectivity index is 1.37. The standard InChI is InChI=1S/C37H27FN4OS/c38-31-21-22-33-34(23-31)44-36(40-33)42(35(43)27-13-5-1-6-14-27)25-32-24-41(26-39-32)37(28-15-7-2-8-16-28,29-17-9-3-10-18-29)30-19-11-4-12-20-30/h1-24,26H,25H2. The van der Waals surface area contributed by atoms with Gasteiger partial charge in [0.1, 0.15) is 11.4 Å². The maximum atomic E-state index is 14.0. The van der Waals surface area contributed by atoms with Gasteiger partial charge in [0, 0.05) is 11.8 Å². The highest BCUT2D eigenvalue weighted by Crippen LogP contribution is 2.41. The van der Waals surface area contributed by atoms with Gasteiger partial charge in [-0.05, 0) is 47.0 Å². The van der Waals surface area contributed by atoms with Crippen molar-refractivity contribution in [3.8, 4) is 0 Å². The Kier molecular flexibility index (Phi) is 7.30. The highest BCUT2D eigenvalue weighted by Gasteiger charge is 2.38. The van der Waals surface area contributed by atoms with E-state index in [4.69, 9.17) is 9.97 Å². The zero-order valence-corrected chi connectivity index (χ0v) is 24.4. The molecule has 0 aliphatic rings. The minimum Gasteiger partial charge on any atom is -0.319 e. The summed E-state index contributed by atoms with van der Waals surface area (Å²) in [6, 6.07) is 44.7. The fourth-order valence-corrected chi connectivity index (χ4v) is 6.73. The first kappa shape index (κ1) is 27.4. The molecule has 0 saturated carbocycles. The van der Waals surface area contributed by atoms with Gasteiger partial charge in [0.15, 0.2) is 5.13 Å². The van der Waals surface area contributed by atoms with Gasteiger partial charge in [0.2, 0.25) is 0 Å². The van der Waals surface area contributed by atoms with E-state index in [1.807, 2.05) is 85.3 Å². The Morgan fingerprint density at radius 3 is 1.86 bits per heavy atom. The number of aromatic nitrogens is 3. The molecule has 0 atom stereocenters. The quantitative estimate of drug-likeness (QED) is 0.166. The van der Waals surface area contributed by atoms with Crippen LogP contribution >= 0.6 is 11.3 Å². The molecule has 2 aromatic heterocycles. The number of rotatable bonds is 8. The van der Waals surface area contributed by atoms with Gasteiger partial charge in [-0.1, -0.05) is 121 Å². The largest absolute Gasteiger partial charge is 0.319 e. The van der Waals surface area contributed by atoms with E-state index in [-0.39, 0.29) is 18.3 Å². The van der Waals surface area contributed by atoms with Crippen LogP contribution in [0.3, 0.4) is 0 Å². The van der Waals surface area contributed by atoms with Crippen molar-refractivity contribution in [2.75, 3.05) is 4.90 Å². The van der Waals surface area contributed by atoms with E-state index in [0.29, 0.717) is 26.6 Å². The van der Waals surface area contributed by atoms with Crippen molar-refractivity contribution in [2.24, 2.45) is 0 Å². The summed E-state index contributed by atoms with van der Waals surface area (Å²) in [7, 11) is 0. The molecule has 0 unspecified atom stereocenters. The topological polar surface area (TPSA) is 51.0 Å². The predicted molar refractivity (Wildman–Crippen MR) is 173 cm³/mol. The lowest BCUT2D eigenvalue weighted by atomic mass is 9.77. The number of carbonyl (C=O) groups is 1. The predicted octanol–water partition coefficient (Wildman–Crippen LogP) is 8.32. The Morgan fingerprint density at radius 1 is 0.750 bits per heavy atom. The fourth-order valence-electron chi connectivity index (χ4n) is 5.74. The molecule has 5 nitrogen and oxygen atoms in total. The first-order valence-corrected chi connectivity index (χ1v) is 15.1. The third-order valence-electron chi connectivity index (χ3n) is 7.75. The van der Waals surface area contributed by atoms with Crippen molar-refractivity contribution in [2.45, 2.75) is 12.1 Å². The van der Waals surface area contributed by atoms with Crippen LogP contribution < -0.4 is 4.90 Å². The maximum Gasteiger partial charge on any atom is 0.260 e. The molecule has 7 heteroatoms.